The van der Waals surface area contributed by atoms with Gasteiger partial charge in [0, 0.05) is 6.04 Å². The van der Waals surface area contributed by atoms with Gasteiger partial charge in [-0.25, -0.2) is 13.7 Å². The molecule has 0 saturated carbocycles. The SMILES string of the molecule is O=C(O)C1=CCC(NS(=O)O)C=C1. The summed E-state index contributed by atoms with van der Waals surface area (Å²) < 4.78 is 21.1. The second-order valence-electron chi connectivity index (χ2n) is 2.53. The van der Waals surface area contributed by atoms with Crippen molar-refractivity contribution in [2.24, 2.45) is 0 Å². The lowest BCUT2D eigenvalue weighted by Crippen LogP contribution is -2.29. The number of carbonyl (C=O) groups is 1. The Morgan fingerprint density at radius 2 is 2.38 bits per heavy atom. The topological polar surface area (TPSA) is 86.6 Å². The molecule has 3 N–H and O–H groups in total. The molecule has 0 fully saturated rings. The Kier molecular flexibility index (Phi) is 3.35. The van der Waals surface area contributed by atoms with E-state index in [0.717, 1.165) is 0 Å². The van der Waals surface area contributed by atoms with E-state index < -0.39 is 17.2 Å². The monoisotopic (exact) mass is 203 g/mol. The number of carboxylic acids is 1. The highest BCUT2D eigenvalue weighted by molar-refractivity contribution is 7.77. The lowest BCUT2D eigenvalue weighted by atomic mass is 10.0. The van der Waals surface area contributed by atoms with E-state index in [2.05, 4.69) is 4.72 Å². The van der Waals surface area contributed by atoms with Crippen LogP contribution in [-0.4, -0.2) is 25.9 Å². The molecular formula is C7H9NO4S. The standard InChI is InChI=1S/C7H9NO4S/c9-7(10)5-1-3-6(4-2-5)8-13(11)12/h1-3,6,8H,4H2,(H,9,10)(H,11,12). The summed E-state index contributed by atoms with van der Waals surface area (Å²) >= 11 is -2.06. The van der Waals surface area contributed by atoms with Crippen LogP contribution in [0.2, 0.25) is 0 Å². The van der Waals surface area contributed by atoms with Crippen molar-refractivity contribution in [1.29, 1.82) is 0 Å². The Labute approximate surface area is 77.6 Å². The third-order valence-corrected chi connectivity index (χ3v) is 2.10. The summed E-state index contributed by atoms with van der Waals surface area (Å²) in [7, 11) is 0. The maximum absolute atomic E-state index is 10.4. The van der Waals surface area contributed by atoms with Gasteiger partial charge in [0.1, 0.15) is 0 Å². The maximum Gasteiger partial charge on any atom is 0.335 e. The van der Waals surface area contributed by atoms with E-state index in [1.807, 2.05) is 0 Å². The number of nitrogens with one attached hydrogen (secondary N) is 1. The fourth-order valence-electron chi connectivity index (χ4n) is 0.996. The van der Waals surface area contributed by atoms with E-state index in [-0.39, 0.29) is 11.6 Å². The second-order valence-corrected chi connectivity index (χ2v) is 3.27. The van der Waals surface area contributed by atoms with Crippen LogP contribution < -0.4 is 4.72 Å². The molecular weight excluding hydrogens is 194 g/mol. The molecule has 0 aromatic carbocycles. The molecule has 0 saturated heterocycles. The highest BCUT2D eigenvalue weighted by atomic mass is 32.2. The zero-order valence-electron chi connectivity index (χ0n) is 6.64. The van der Waals surface area contributed by atoms with E-state index in [1.54, 1.807) is 6.08 Å². The van der Waals surface area contributed by atoms with Crippen molar-refractivity contribution < 1.29 is 18.7 Å². The Morgan fingerprint density at radius 3 is 2.77 bits per heavy atom. The molecule has 6 heteroatoms. The van der Waals surface area contributed by atoms with Crippen LogP contribution in [0.15, 0.2) is 23.8 Å². The van der Waals surface area contributed by atoms with Gasteiger partial charge in [0.05, 0.1) is 5.57 Å². The first-order valence-electron chi connectivity index (χ1n) is 3.58. The van der Waals surface area contributed by atoms with E-state index in [4.69, 9.17) is 9.66 Å². The summed E-state index contributed by atoms with van der Waals surface area (Å²) in [6.07, 6.45) is 4.88. The third kappa shape index (κ3) is 3.10. The number of hydrogen-bond acceptors (Lipinski definition) is 2. The van der Waals surface area contributed by atoms with Gasteiger partial charge in [0.15, 0.2) is 0 Å². The fraction of sp³-hybridized carbons (Fsp3) is 0.286. The molecule has 0 amide bonds. The zero-order valence-corrected chi connectivity index (χ0v) is 7.45. The molecule has 2 unspecified atom stereocenters. The molecule has 13 heavy (non-hydrogen) atoms. The number of carboxylic acid groups (broad SMARTS) is 1. The molecule has 0 spiro atoms. The van der Waals surface area contributed by atoms with Crippen LogP contribution in [0, 0.1) is 0 Å². The van der Waals surface area contributed by atoms with E-state index in [0.29, 0.717) is 6.42 Å². The van der Waals surface area contributed by atoms with Gasteiger partial charge in [0.2, 0.25) is 11.3 Å². The van der Waals surface area contributed by atoms with Crippen molar-refractivity contribution in [3.63, 3.8) is 0 Å². The lowest BCUT2D eigenvalue weighted by molar-refractivity contribution is -0.132. The minimum atomic E-state index is -2.06. The van der Waals surface area contributed by atoms with Gasteiger partial charge in [0.25, 0.3) is 0 Å². The largest absolute Gasteiger partial charge is 0.478 e. The Morgan fingerprint density at radius 1 is 1.69 bits per heavy atom. The van der Waals surface area contributed by atoms with Gasteiger partial charge in [-0.2, -0.15) is 0 Å². The van der Waals surface area contributed by atoms with E-state index in [9.17, 15) is 9.00 Å². The average Bonchev–Trinajstić information content (AvgIpc) is 2.04. The normalized spacial score (nSPS) is 23.8. The smallest absolute Gasteiger partial charge is 0.335 e. The van der Waals surface area contributed by atoms with E-state index >= 15 is 0 Å². The van der Waals surface area contributed by atoms with Crippen LogP contribution >= 0.6 is 0 Å². The molecule has 0 radical (unpaired) electrons. The summed E-state index contributed by atoms with van der Waals surface area (Å²) in [5, 5.41) is 8.56. The van der Waals surface area contributed by atoms with Crippen molar-refractivity contribution in [2.45, 2.75) is 12.5 Å². The predicted octanol–water partition coefficient (Wildman–Crippen LogP) is 0.0522. The molecule has 1 aliphatic rings. The number of hydrogen-bond donors (Lipinski definition) is 3. The molecule has 2 atom stereocenters. The molecule has 72 valence electrons. The highest BCUT2D eigenvalue weighted by Crippen LogP contribution is 2.10. The summed E-state index contributed by atoms with van der Waals surface area (Å²) in [6.45, 7) is 0. The summed E-state index contributed by atoms with van der Waals surface area (Å²) in [4.78, 5) is 10.4. The first-order valence-corrected chi connectivity index (χ1v) is 4.69. The van der Waals surface area contributed by atoms with Gasteiger partial charge in [-0.1, -0.05) is 18.2 Å². The van der Waals surface area contributed by atoms with Crippen LogP contribution in [0.4, 0.5) is 0 Å². The number of rotatable bonds is 3. The Bertz CT molecular complexity index is 297. The molecule has 0 bridgehead atoms. The van der Waals surface area contributed by atoms with Crippen LogP contribution in [-0.2, 0) is 16.1 Å². The van der Waals surface area contributed by atoms with Crippen molar-refractivity contribution in [1.82, 2.24) is 4.72 Å². The maximum atomic E-state index is 10.4. The highest BCUT2D eigenvalue weighted by Gasteiger charge is 2.13. The van der Waals surface area contributed by atoms with Crippen molar-refractivity contribution in [3.8, 4) is 0 Å². The van der Waals surface area contributed by atoms with Gasteiger partial charge in [-0.3, -0.25) is 4.55 Å². The van der Waals surface area contributed by atoms with Gasteiger partial charge >= 0.3 is 5.97 Å². The molecule has 1 rings (SSSR count). The first-order chi connectivity index (χ1) is 6.09. The molecule has 0 aromatic rings. The van der Waals surface area contributed by atoms with Crippen molar-refractivity contribution in [2.75, 3.05) is 0 Å². The quantitative estimate of drug-likeness (QED) is 0.566. The predicted molar refractivity (Wildman–Crippen MR) is 47.2 cm³/mol. The fourth-order valence-corrected chi connectivity index (χ4v) is 1.43. The molecule has 0 heterocycles. The summed E-state index contributed by atoms with van der Waals surface area (Å²) in [6, 6.07) is -0.270. The summed E-state index contributed by atoms with van der Waals surface area (Å²) in [5.41, 5.74) is 0.210. The third-order valence-electron chi connectivity index (χ3n) is 1.60. The van der Waals surface area contributed by atoms with Crippen molar-refractivity contribution in [3.05, 3.63) is 23.8 Å². The lowest BCUT2D eigenvalue weighted by Gasteiger charge is -2.13. The second kappa shape index (κ2) is 4.31. The zero-order chi connectivity index (χ0) is 9.84. The van der Waals surface area contributed by atoms with Crippen LogP contribution in [0.3, 0.4) is 0 Å². The van der Waals surface area contributed by atoms with Crippen LogP contribution in [0.1, 0.15) is 6.42 Å². The molecule has 0 aliphatic heterocycles. The first kappa shape index (κ1) is 10.1. The van der Waals surface area contributed by atoms with E-state index in [1.165, 1.54) is 12.2 Å². The van der Waals surface area contributed by atoms with Crippen molar-refractivity contribution >= 4 is 17.2 Å². The minimum Gasteiger partial charge on any atom is -0.478 e. The number of aliphatic carboxylic acids is 1. The minimum absolute atomic E-state index is 0.210. The van der Waals surface area contributed by atoms with Crippen LogP contribution in [0.5, 0.6) is 0 Å². The average molecular weight is 203 g/mol. The summed E-state index contributed by atoms with van der Waals surface area (Å²) in [5.74, 6) is -0.986. The van der Waals surface area contributed by atoms with Gasteiger partial charge in [-0.15, -0.1) is 0 Å². The van der Waals surface area contributed by atoms with Crippen LogP contribution in [0.25, 0.3) is 0 Å². The van der Waals surface area contributed by atoms with Gasteiger partial charge < -0.3 is 5.11 Å². The van der Waals surface area contributed by atoms with Gasteiger partial charge in [-0.05, 0) is 6.42 Å². The molecule has 5 nitrogen and oxygen atoms in total. The molecule has 0 aromatic heterocycles. The Hall–Kier alpha value is -0.980. The molecule has 1 aliphatic carbocycles. The Balaban J connectivity index is 2.53.